The number of nitrogens with two attached hydrogens (primary N) is 1. The molecule has 1 aromatic rings. The zero-order chi connectivity index (χ0) is 19.3. The van der Waals surface area contributed by atoms with Crippen molar-refractivity contribution in [2.75, 3.05) is 50.1 Å². The van der Waals surface area contributed by atoms with Gasteiger partial charge in [-0.1, -0.05) is 6.92 Å². The SMILES string of the molecule is CCN(C)[C@@H](CN)C(=O)Nc1ccc(N2CCOCC2=O)cc1C(F)F. The minimum atomic E-state index is -2.80. The highest BCUT2D eigenvalue weighted by Gasteiger charge is 2.25. The van der Waals surface area contributed by atoms with Crippen LogP contribution in [-0.2, 0) is 14.3 Å². The van der Waals surface area contributed by atoms with Crippen LogP contribution in [0.1, 0.15) is 18.9 Å². The van der Waals surface area contributed by atoms with Crippen LogP contribution in [0.2, 0.25) is 0 Å². The number of nitrogens with zero attached hydrogens (tertiary/aromatic N) is 2. The number of morpholine rings is 1. The molecule has 1 saturated heterocycles. The largest absolute Gasteiger partial charge is 0.370 e. The average Bonchev–Trinajstić information content (AvgIpc) is 2.62. The van der Waals surface area contributed by atoms with Crippen LogP contribution in [0.4, 0.5) is 20.2 Å². The summed E-state index contributed by atoms with van der Waals surface area (Å²) in [5.41, 5.74) is 5.66. The summed E-state index contributed by atoms with van der Waals surface area (Å²) < 4.78 is 32.1. The van der Waals surface area contributed by atoms with Gasteiger partial charge in [0.15, 0.2) is 0 Å². The third-order valence-corrected chi connectivity index (χ3v) is 4.38. The van der Waals surface area contributed by atoms with Crippen LogP contribution >= 0.6 is 0 Å². The van der Waals surface area contributed by atoms with E-state index in [1.807, 2.05) is 6.92 Å². The lowest BCUT2D eigenvalue weighted by molar-refractivity contribution is -0.125. The fourth-order valence-corrected chi connectivity index (χ4v) is 2.73. The molecule has 0 radical (unpaired) electrons. The van der Waals surface area contributed by atoms with Crippen LogP contribution in [0.5, 0.6) is 0 Å². The number of anilines is 2. The Balaban J connectivity index is 2.26. The highest BCUT2D eigenvalue weighted by molar-refractivity contribution is 5.97. The van der Waals surface area contributed by atoms with Crippen molar-refractivity contribution in [1.29, 1.82) is 0 Å². The van der Waals surface area contributed by atoms with Gasteiger partial charge in [0.05, 0.1) is 6.61 Å². The first-order chi connectivity index (χ1) is 12.4. The van der Waals surface area contributed by atoms with E-state index < -0.39 is 18.4 Å². The highest BCUT2D eigenvalue weighted by atomic mass is 19.3. The first-order valence-electron chi connectivity index (χ1n) is 8.40. The molecule has 0 aromatic heterocycles. The van der Waals surface area contributed by atoms with E-state index in [4.69, 9.17) is 10.5 Å². The van der Waals surface area contributed by atoms with Crippen LogP contribution in [-0.4, -0.2) is 62.7 Å². The number of hydrogen-bond acceptors (Lipinski definition) is 5. The van der Waals surface area contributed by atoms with Gasteiger partial charge >= 0.3 is 0 Å². The Morgan fingerprint density at radius 2 is 2.19 bits per heavy atom. The third kappa shape index (κ3) is 4.54. The molecule has 3 N–H and O–H groups in total. The number of amides is 2. The van der Waals surface area contributed by atoms with Crippen LogP contribution in [0.15, 0.2) is 18.2 Å². The standard InChI is InChI=1S/C17H24F2N4O3/c1-3-22(2)14(9-20)17(25)21-13-5-4-11(8-12(13)16(18)19)23-6-7-26-10-15(23)24/h4-5,8,14,16H,3,6-7,9-10,20H2,1-2H3,(H,21,25)/t14-/m0/s1. The summed E-state index contributed by atoms with van der Waals surface area (Å²) in [6.07, 6.45) is -2.80. The van der Waals surface area contributed by atoms with Crippen molar-refractivity contribution in [2.24, 2.45) is 5.73 Å². The van der Waals surface area contributed by atoms with Crippen molar-refractivity contribution in [3.8, 4) is 0 Å². The van der Waals surface area contributed by atoms with Crippen molar-refractivity contribution >= 4 is 23.2 Å². The molecule has 0 bridgehead atoms. The zero-order valence-corrected chi connectivity index (χ0v) is 14.9. The van der Waals surface area contributed by atoms with Crippen molar-refractivity contribution in [3.63, 3.8) is 0 Å². The van der Waals surface area contributed by atoms with Crippen molar-refractivity contribution in [1.82, 2.24) is 4.90 Å². The molecular formula is C17H24F2N4O3. The van der Waals surface area contributed by atoms with Gasteiger partial charge in [-0.25, -0.2) is 8.78 Å². The maximum Gasteiger partial charge on any atom is 0.265 e. The van der Waals surface area contributed by atoms with Crippen LogP contribution in [0, 0.1) is 0 Å². The highest BCUT2D eigenvalue weighted by Crippen LogP contribution is 2.32. The number of nitrogens with one attached hydrogen (secondary N) is 1. The first kappa shape index (κ1) is 20.2. The van der Waals surface area contributed by atoms with E-state index >= 15 is 0 Å². The molecule has 0 aliphatic carbocycles. The maximum absolute atomic E-state index is 13.5. The molecule has 0 unspecified atom stereocenters. The van der Waals surface area contributed by atoms with Gasteiger partial charge in [-0.15, -0.1) is 0 Å². The Labute approximate surface area is 151 Å². The van der Waals surface area contributed by atoms with E-state index in [2.05, 4.69) is 5.32 Å². The molecule has 26 heavy (non-hydrogen) atoms. The van der Waals surface area contributed by atoms with Gasteiger partial charge in [0, 0.05) is 30.0 Å². The van der Waals surface area contributed by atoms with E-state index in [1.165, 1.54) is 23.1 Å². The number of alkyl halides is 2. The van der Waals surface area contributed by atoms with Crippen LogP contribution < -0.4 is 16.0 Å². The quantitative estimate of drug-likeness (QED) is 0.753. The smallest absolute Gasteiger partial charge is 0.265 e. The summed E-state index contributed by atoms with van der Waals surface area (Å²) in [7, 11) is 1.73. The Morgan fingerprint density at radius 1 is 1.46 bits per heavy atom. The molecule has 0 spiro atoms. The van der Waals surface area contributed by atoms with E-state index in [1.54, 1.807) is 11.9 Å². The minimum absolute atomic E-state index is 0.0115. The van der Waals surface area contributed by atoms with E-state index in [9.17, 15) is 18.4 Å². The number of carbonyl (C=O) groups is 2. The molecule has 2 amide bonds. The first-order valence-corrected chi connectivity index (χ1v) is 8.40. The van der Waals surface area contributed by atoms with Gasteiger partial charge in [-0.2, -0.15) is 0 Å². The lowest BCUT2D eigenvalue weighted by Gasteiger charge is -2.28. The van der Waals surface area contributed by atoms with Gasteiger partial charge in [-0.05, 0) is 31.8 Å². The second-order valence-corrected chi connectivity index (χ2v) is 5.98. The second kappa shape index (κ2) is 9.02. The molecule has 0 saturated carbocycles. The number of carbonyl (C=O) groups excluding carboxylic acids is 2. The predicted octanol–water partition coefficient (Wildman–Crippen LogP) is 1.20. The van der Waals surface area contributed by atoms with Crippen LogP contribution in [0.3, 0.4) is 0 Å². The molecule has 1 aliphatic heterocycles. The fourth-order valence-electron chi connectivity index (χ4n) is 2.73. The average molecular weight is 370 g/mol. The lowest BCUT2D eigenvalue weighted by Crippen LogP contribution is -2.46. The summed E-state index contributed by atoms with van der Waals surface area (Å²) in [4.78, 5) is 27.4. The molecule has 1 aliphatic rings. The number of rotatable bonds is 7. The number of halogens is 2. The molecule has 144 valence electrons. The summed E-state index contributed by atoms with van der Waals surface area (Å²) in [5.74, 6) is -0.741. The lowest BCUT2D eigenvalue weighted by atomic mass is 10.1. The van der Waals surface area contributed by atoms with E-state index in [-0.39, 0.29) is 30.3 Å². The number of ether oxygens (including phenoxy) is 1. The number of benzene rings is 1. The van der Waals surface area contributed by atoms with Crippen molar-refractivity contribution < 1.29 is 23.1 Å². The maximum atomic E-state index is 13.5. The molecular weight excluding hydrogens is 346 g/mol. The third-order valence-electron chi connectivity index (χ3n) is 4.38. The van der Waals surface area contributed by atoms with Crippen molar-refractivity contribution in [3.05, 3.63) is 23.8 Å². The van der Waals surface area contributed by atoms with E-state index in [0.717, 1.165) is 0 Å². The minimum Gasteiger partial charge on any atom is -0.370 e. The Hall–Kier alpha value is -2.10. The summed E-state index contributed by atoms with van der Waals surface area (Å²) >= 11 is 0. The zero-order valence-electron chi connectivity index (χ0n) is 14.9. The Morgan fingerprint density at radius 3 is 2.77 bits per heavy atom. The van der Waals surface area contributed by atoms with Crippen LogP contribution in [0.25, 0.3) is 0 Å². The molecule has 7 nitrogen and oxygen atoms in total. The van der Waals surface area contributed by atoms with E-state index in [0.29, 0.717) is 25.4 Å². The topological polar surface area (TPSA) is 87.9 Å². The number of hydrogen-bond donors (Lipinski definition) is 2. The summed E-state index contributed by atoms with van der Waals surface area (Å²) in [5, 5.41) is 2.53. The van der Waals surface area contributed by atoms with Gasteiger partial charge in [-0.3, -0.25) is 14.5 Å². The molecule has 9 heteroatoms. The van der Waals surface area contributed by atoms with Gasteiger partial charge < -0.3 is 20.7 Å². The molecule has 1 atom stereocenters. The second-order valence-electron chi connectivity index (χ2n) is 5.98. The molecule has 1 heterocycles. The van der Waals surface area contributed by atoms with Gasteiger partial charge in [0.1, 0.15) is 12.6 Å². The predicted molar refractivity (Wildman–Crippen MR) is 94.3 cm³/mol. The van der Waals surface area contributed by atoms with Gasteiger partial charge in [0.2, 0.25) is 5.91 Å². The molecule has 1 aromatic carbocycles. The number of likely N-dealkylation sites (N-methyl/N-ethyl adjacent to an activating group) is 1. The normalized spacial score (nSPS) is 16.3. The van der Waals surface area contributed by atoms with Gasteiger partial charge in [0.25, 0.3) is 12.3 Å². The molecule has 1 fully saturated rings. The summed E-state index contributed by atoms with van der Waals surface area (Å²) in [6, 6.07) is 3.53. The fraction of sp³-hybridized carbons (Fsp3) is 0.529. The summed E-state index contributed by atoms with van der Waals surface area (Å²) in [6.45, 7) is 3.09. The monoisotopic (exact) mass is 370 g/mol. The molecule has 2 rings (SSSR count). The van der Waals surface area contributed by atoms with Crippen molar-refractivity contribution in [2.45, 2.75) is 19.4 Å². The Kier molecular flexibility index (Phi) is 7.01. The Bertz CT molecular complexity index is 657.